The van der Waals surface area contributed by atoms with Crippen LogP contribution in [0, 0.1) is 0 Å². The molecule has 2 aromatic rings. The molecule has 8 nitrogen and oxygen atoms in total. The summed E-state index contributed by atoms with van der Waals surface area (Å²) in [6.07, 6.45) is 0. The fraction of sp³-hybridized carbons (Fsp3) is 0.125. The van der Waals surface area contributed by atoms with E-state index in [0.29, 0.717) is 0 Å². The number of amides is 1. The summed E-state index contributed by atoms with van der Waals surface area (Å²) in [7, 11) is 2.49. The molecule has 126 valence electrons. The number of benzene rings is 2. The van der Waals surface area contributed by atoms with E-state index in [1.54, 1.807) is 0 Å². The number of ether oxygens (including phenoxy) is 2. The van der Waals surface area contributed by atoms with Crippen LogP contribution in [0.5, 0.6) is 23.0 Å². The Morgan fingerprint density at radius 1 is 0.958 bits per heavy atom. The summed E-state index contributed by atoms with van der Waals surface area (Å²) >= 11 is 0. The molecule has 8 heteroatoms. The Kier molecular flexibility index (Phi) is 4.78. The van der Waals surface area contributed by atoms with E-state index in [1.165, 1.54) is 25.3 Å². The van der Waals surface area contributed by atoms with E-state index in [0.717, 1.165) is 19.2 Å². The van der Waals surface area contributed by atoms with Gasteiger partial charge in [0.1, 0.15) is 11.5 Å². The van der Waals surface area contributed by atoms with Crippen LogP contribution in [0.25, 0.3) is 0 Å². The zero-order chi connectivity index (χ0) is 17.9. The summed E-state index contributed by atoms with van der Waals surface area (Å²) in [5, 5.41) is 31.0. The predicted molar refractivity (Wildman–Crippen MR) is 83.7 cm³/mol. The van der Waals surface area contributed by atoms with Crippen LogP contribution in [0.4, 0.5) is 5.69 Å². The molecule has 4 N–H and O–H groups in total. The lowest BCUT2D eigenvalue weighted by atomic mass is 10.1. The van der Waals surface area contributed by atoms with E-state index in [4.69, 9.17) is 4.74 Å². The molecule has 0 fully saturated rings. The quantitative estimate of drug-likeness (QED) is 0.382. The first-order valence-electron chi connectivity index (χ1n) is 6.70. The SMILES string of the molecule is COC(=O)c1cc(O)c(O)cc1NC(=O)c1cc(O)ccc1OC. The van der Waals surface area contributed by atoms with Gasteiger partial charge in [0.15, 0.2) is 11.5 Å². The molecule has 0 radical (unpaired) electrons. The largest absolute Gasteiger partial charge is 0.508 e. The molecule has 0 spiro atoms. The van der Waals surface area contributed by atoms with Crippen molar-refractivity contribution in [2.45, 2.75) is 0 Å². The van der Waals surface area contributed by atoms with Gasteiger partial charge >= 0.3 is 5.97 Å². The Hall–Kier alpha value is -3.42. The molecule has 1 amide bonds. The number of hydrogen-bond donors (Lipinski definition) is 4. The first-order chi connectivity index (χ1) is 11.4. The first-order valence-corrected chi connectivity index (χ1v) is 6.70. The zero-order valence-corrected chi connectivity index (χ0v) is 12.9. The molecule has 0 aromatic heterocycles. The van der Waals surface area contributed by atoms with Gasteiger partial charge in [-0.2, -0.15) is 0 Å². The van der Waals surface area contributed by atoms with Gasteiger partial charge in [0, 0.05) is 12.1 Å². The minimum absolute atomic E-state index is 0.0147. The Balaban J connectivity index is 2.44. The highest BCUT2D eigenvalue weighted by molar-refractivity contribution is 6.09. The minimum Gasteiger partial charge on any atom is -0.508 e. The summed E-state index contributed by atoms with van der Waals surface area (Å²) in [5.74, 6) is -2.53. The maximum atomic E-state index is 12.4. The van der Waals surface area contributed by atoms with Gasteiger partial charge in [-0.25, -0.2) is 4.79 Å². The predicted octanol–water partition coefficient (Wildman–Crippen LogP) is 1.85. The van der Waals surface area contributed by atoms with Crippen molar-refractivity contribution in [3.05, 3.63) is 41.5 Å². The van der Waals surface area contributed by atoms with Gasteiger partial charge in [0.2, 0.25) is 0 Å². The lowest BCUT2D eigenvalue weighted by Gasteiger charge is -2.13. The van der Waals surface area contributed by atoms with Crippen LogP contribution in [0.1, 0.15) is 20.7 Å². The molecular weight excluding hydrogens is 318 g/mol. The first kappa shape index (κ1) is 16.9. The van der Waals surface area contributed by atoms with Crippen molar-refractivity contribution in [3.8, 4) is 23.0 Å². The van der Waals surface area contributed by atoms with Crippen molar-refractivity contribution in [3.63, 3.8) is 0 Å². The summed E-state index contributed by atoms with van der Waals surface area (Å²) in [6, 6.07) is 5.92. The van der Waals surface area contributed by atoms with Gasteiger partial charge in [-0.1, -0.05) is 0 Å². The van der Waals surface area contributed by atoms with Crippen LogP contribution >= 0.6 is 0 Å². The van der Waals surface area contributed by atoms with E-state index >= 15 is 0 Å². The number of carbonyl (C=O) groups is 2. The van der Waals surface area contributed by atoms with Crippen molar-refractivity contribution >= 4 is 17.6 Å². The molecule has 0 heterocycles. The number of phenols is 3. The van der Waals surface area contributed by atoms with Crippen LogP contribution in [0.3, 0.4) is 0 Å². The van der Waals surface area contributed by atoms with Gasteiger partial charge in [0.05, 0.1) is 31.0 Å². The fourth-order valence-corrected chi connectivity index (χ4v) is 2.02. The van der Waals surface area contributed by atoms with Crippen LogP contribution in [0.2, 0.25) is 0 Å². The highest BCUT2D eigenvalue weighted by atomic mass is 16.5. The molecule has 0 saturated carbocycles. The fourth-order valence-electron chi connectivity index (χ4n) is 2.02. The third-order valence-corrected chi connectivity index (χ3v) is 3.20. The van der Waals surface area contributed by atoms with Gasteiger partial charge in [-0.05, 0) is 18.2 Å². The third kappa shape index (κ3) is 3.32. The van der Waals surface area contributed by atoms with Gasteiger partial charge in [-0.15, -0.1) is 0 Å². The number of hydrogen-bond acceptors (Lipinski definition) is 7. The number of esters is 1. The number of aromatic hydroxyl groups is 3. The summed E-state index contributed by atoms with van der Waals surface area (Å²) < 4.78 is 9.62. The van der Waals surface area contributed by atoms with E-state index in [-0.39, 0.29) is 28.3 Å². The smallest absolute Gasteiger partial charge is 0.340 e. The second-order valence-electron chi connectivity index (χ2n) is 4.72. The number of nitrogens with one attached hydrogen (secondary N) is 1. The van der Waals surface area contributed by atoms with Crippen molar-refractivity contribution in [2.24, 2.45) is 0 Å². The topological polar surface area (TPSA) is 125 Å². The average molecular weight is 333 g/mol. The Bertz CT molecular complexity index is 801. The molecule has 0 aliphatic carbocycles. The third-order valence-electron chi connectivity index (χ3n) is 3.20. The number of anilines is 1. The van der Waals surface area contributed by atoms with Crippen molar-refractivity contribution in [1.29, 1.82) is 0 Å². The van der Waals surface area contributed by atoms with Crippen molar-refractivity contribution in [2.75, 3.05) is 19.5 Å². The Morgan fingerprint density at radius 3 is 2.25 bits per heavy atom. The molecule has 0 aliphatic heterocycles. The highest BCUT2D eigenvalue weighted by Gasteiger charge is 2.20. The Labute approximate surface area is 136 Å². The molecule has 2 rings (SSSR count). The molecule has 0 unspecified atom stereocenters. The number of carbonyl (C=O) groups excluding carboxylic acids is 2. The maximum Gasteiger partial charge on any atom is 0.340 e. The van der Waals surface area contributed by atoms with Crippen LogP contribution in [0.15, 0.2) is 30.3 Å². The summed E-state index contributed by atoms with van der Waals surface area (Å²) in [6.45, 7) is 0. The number of rotatable bonds is 4. The zero-order valence-electron chi connectivity index (χ0n) is 12.9. The van der Waals surface area contributed by atoms with Crippen LogP contribution in [-0.4, -0.2) is 41.4 Å². The molecular formula is C16H15NO7. The van der Waals surface area contributed by atoms with Gasteiger partial charge in [-0.3, -0.25) is 4.79 Å². The standard InChI is InChI=1S/C16H15NO7/c1-23-14-4-3-8(18)5-10(14)15(21)17-11-7-13(20)12(19)6-9(11)16(22)24-2/h3-7,18-20H,1-2H3,(H,17,21). The number of methoxy groups -OCH3 is 2. The average Bonchev–Trinajstić information content (AvgIpc) is 2.57. The lowest BCUT2D eigenvalue weighted by Crippen LogP contribution is -2.16. The van der Waals surface area contributed by atoms with E-state index in [2.05, 4.69) is 10.1 Å². The van der Waals surface area contributed by atoms with Gasteiger partial charge < -0.3 is 30.1 Å². The molecule has 2 aromatic carbocycles. The van der Waals surface area contributed by atoms with Crippen LogP contribution in [-0.2, 0) is 4.74 Å². The molecule has 24 heavy (non-hydrogen) atoms. The lowest BCUT2D eigenvalue weighted by molar-refractivity contribution is 0.0601. The van der Waals surface area contributed by atoms with Crippen molar-refractivity contribution < 1.29 is 34.4 Å². The number of phenolic OH excluding ortho intramolecular Hbond substituents is 3. The monoisotopic (exact) mass is 333 g/mol. The molecule has 0 aliphatic rings. The minimum atomic E-state index is -0.816. The molecule has 0 bridgehead atoms. The second-order valence-corrected chi connectivity index (χ2v) is 4.72. The van der Waals surface area contributed by atoms with E-state index in [9.17, 15) is 24.9 Å². The van der Waals surface area contributed by atoms with E-state index < -0.39 is 23.4 Å². The summed E-state index contributed by atoms with van der Waals surface area (Å²) in [5.41, 5.74) is -0.214. The Morgan fingerprint density at radius 2 is 1.62 bits per heavy atom. The normalized spacial score (nSPS) is 10.1. The van der Waals surface area contributed by atoms with Crippen molar-refractivity contribution in [1.82, 2.24) is 0 Å². The van der Waals surface area contributed by atoms with E-state index in [1.807, 2.05) is 0 Å². The molecule has 0 saturated heterocycles. The second kappa shape index (κ2) is 6.78. The highest BCUT2D eigenvalue weighted by Crippen LogP contribution is 2.33. The maximum absolute atomic E-state index is 12.4. The van der Waals surface area contributed by atoms with Gasteiger partial charge in [0.25, 0.3) is 5.91 Å². The molecule has 0 atom stereocenters. The summed E-state index contributed by atoms with van der Waals surface area (Å²) in [4.78, 5) is 24.2. The van der Waals surface area contributed by atoms with Crippen LogP contribution < -0.4 is 10.1 Å².